The summed E-state index contributed by atoms with van der Waals surface area (Å²) in [4.78, 5) is 38.3. The van der Waals surface area contributed by atoms with Crippen LogP contribution in [-0.2, 0) is 23.8 Å². The Bertz CT molecular complexity index is 510. The van der Waals surface area contributed by atoms with Crippen LogP contribution in [0.25, 0.3) is 0 Å². The van der Waals surface area contributed by atoms with Gasteiger partial charge in [-0.3, -0.25) is 9.59 Å². The molecule has 8 heteroatoms. The van der Waals surface area contributed by atoms with Crippen LogP contribution in [-0.4, -0.2) is 73.8 Å². The van der Waals surface area contributed by atoms with Crippen LogP contribution in [0.4, 0.5) is 4.79 Å². The molecule has 2 amide bonds. The highest BCUT2D eigenvalue weighted by Gasteiger charge is 2.37. The van der Waals surface area contributed by atoms with Crippen molar-refractivity contribution < 1.29 is 28.6 Å². The smallest absolute Gasteiger partial charge is 0.410 e. The highest BCUT2D eigenvalue weighted by Crippen LogP contribution is 2.23. The van der Waals surface area contributed by atoms with Gasteiger partial charge in [-0.25, -0.2) is 4.79 Å². The normalized spacial score (nSPS) is 25.6. The molecule has 2 aliphatic heterocycles. The van der Waals surface area contributed by atoms with Crippen LogP contribution in [0.5, 0.6) is 0 Å². The minimum atomic E-state index is -0.962. The molecule has 1 N–H and O–H groups in total. The predicted octanol–water partition coefficient (Wildman–Crippen LogP) is 0.733. The van der Waals surface area contributed by atoms with Crippen molar-refractivity contribution in [2.45, 2.75) is 52.4 Å². The summed E-state index contributed by atoms with van der Waals surface area (Å²) in [5.41, 5.74) is -0.227. The zero-order valence-corrected chi connectivity index (χ0v) is 15.4. The first-order valence-electron chi connectivity index (χ1n) is 8.65. The lowest BCUT2D eigenvalue weighted by atomic mass is 9.88. The summed E-state index contributed by atoms with van der Waals surface area (Å²) in [7, 11) is 0. The molecular weight excluding hydrogens is 328 g/mol. The summed E-state index contributed by atoms with van der Waals surface area (Å²) in [5, 5.41) is 2.68. The summed E-state index contributed by atoms with van der Waals surface area (Å²) in [6.45, 7) is 9.39. The molecule has 8 nitrogen and oxygen atoms in total. The van der Waals surface area contributed by atoms with E-state index in [9.17, 15) is 14.4 Å². The fourth-order valence-corrected chi connectivity index (χ4v) is 2.79. The molecule has 0 bridgehead atoms. The quantitative estimate of drug-likeness (QED) is 0.798. The van der Waals surface area contributed by atoms with E-state index in [2.05, 4.69) is 5.32 Å². The van der Waals surface area contributed by atoms with Crippen molar-refractivity contribution in [3.8, 4) is 0 Å². The number of nitrogens with one attached hydrogen (secondary N) is 1. The van der Waals surface area contributed by atoms with Crippen LogP contribution in [0.3, 0.4) is 0 Å². The van der Waals surface area contributed by atoms with Gasteiger partial charge in [-0.1, -0.05) is 20.8 Å². The Morgan fingerprint density at radius 2 is 1.96 bits per heavy atom. The van der Waals surface area contributed by atoms with Crippen molar-refractivity contribution in [1.29, 1.82) is 0 Å². The first kappa shape index (κ1) is 19.7. The van der Waals surface area contributed by atoms with E-state index in [1.165, 1.54) is 4.90 Å². The Hall–Kier alpha value is -1.67. The molecule has 2 fully saturated rings. The van der Waals surface area contributed by atoms with Gasteiger partial charge in [0, 0.05) is 13.1 Å². The second-order valence-corrected chi connectivity index (χ2v) is 7.71. The Balaban J connectivity index is 2.02. The molecule has 2 heterocycles. The second kappa shape index (κ2) is 8.14. The molecule has 2 rings (SSSR count). The number of amides is 2. The number of carbonyl (C=O) groups excluding carboxylic acids is 3. The lowest BCUT2D eigenvalue weighted by Gasteiger charge is -2.30. The molecule has 0 radical (unpaired) electrons. The predicted molar refractivity (Wildman–Crippen MR) is 89.1 cm³/mol. The van der Waals surface area contributed by atoms with Gasteiger partial charge in [-0.05, 0) is 18.8 Å². The molecular formula is C17H28N2O6. The van der Waals surface area contributed by atoms with E-state index in [-0.39, 0.29) is 23.9 Å². The zero-order chi connectivity index (χ0) is 18.6. The summed E-state index contributed by atoms with van der Waals surface area (Å²) in [6.07, 6.45) is -1.53. The Morgan fingerprint density at radius 1 is 1.32 bits per heavy atom. The van der Waals surface area contributed by atoms with Crippen molar-refractivity contribution in [3.05, 3.63) is 0 Å². The second-order valence-electron chi connectivity index (χ2n) is 7.71. The minimum absolute atomic E-state index is 0.0103. The van der Waals surface area contributed by atoms with Crippen molar-refractivity contribution >= 4 is 17.8 Å². The lowest BCUT2D eigenvalue weighted by molar-refractivity contribution is -0.134. The lowest BCUT2D eigenvalue weighted by Crippen LogP contribution is -2.51. The molecule has 0 aliphatic carbocycles. The first-order valence-corrected chi connectivity index (χ1v) is 8.65. The SMILES string of the molecule is CC1OCC(=O)C1NC(=O)C(CC(C)(C)C)OC(=O)N1CCOCC1. The van der Waals surface area contributed by atoms with Crippen molar-refractivity contribution in [2.24, 2.45) is 5.41 Å². The number of ketones is 1. The van der Waals surface area contributed by atoms with Crippen LogP contribution >= 0.6 is 0 Å². The summed E-state index contributed by atoms with van der Waals surface area (Å²) >= 11 is 0. The summed E-state index contributed by atoms with van der Waals surface area (Å²) in [5.74, 6) is -0.637. The van der Waals surface area contributed by atoms with Crippen LogP contribution in [0.2, 0.25) is 0 Å². The molecule has 0 spiro atoms. The molecule has 2 saturated heterocycles. The minimum Gasteiger partial charge on any atom is -0.436 e. The van der Waals surface area contributed by atoms with E-state index in [0.29, 0.717) is 32.7 Å². The molecule has 0 saturated carbocycles. The molecule has 3 atom stereocenters. The van der Waals surface area contributed by atoms with Crippen molar-refractivity contribution in [2.75, 3.05) is 32.9 Å². The Morgan fingerprint density at radius 3 is 2.48 bits per heavy atom. The molecule has 142 valence electrons. The molecule has 0 aromatic rings. The number of hydrogen-bond acceptors (Lipinski definition) is 6. The van der Waals surface area contributed by atoms with E-state index in [0.717, 1.165) is 0 Å². The van der Waals surface area contributed by atoms with Crippen molar-refractivity contribution in [3.63, 3.8) is 0 Å². The number of carbonyl (C=O) groups is 3. The van der Waals surface area contributed by atoms with Gasteiger partial charge >= 0.3 is 6.09 Å². The largest absolute Gasteiger partial charge is 0.436 e. The highest BCUT2D eigenvalue weighted by molar-refractivity contribution is 5.93. The molecule has 25 heavy (non-hydrogen) atoms. The number of morpholine rings is 1. The van der Waals surface area contributed by atoms with Gasteiger partial charge < -0.3 is 24.4 Å². The van der Waals surface area contributed by atoms with Crippen molar-refractivity contribution in [1.82, 2.24) is 10.2 Å². The van der Waals surface area contributed by atoms with Gasteiger partial charge in [0.25, 0.3) is 5.91 Å². The summed E-state index contributed by atoms with van der Waals surface area (Å²) < 4.78 is 15.9. The van der Waals surface area contributed by atoms with Crippen LogP contribution < -0.4 is 5.32 Å². The summed E-state index contributed by atoms with van der Waals surface area (Å²) in [6, 6.07) is -0.697. The van der Waals surface area contributed by atoms with E-state index in [1.54, 1.807) is 6.92 Å². The Labute approximate surface area is 148 Å². The van der Waals surface area contributed by atoms with Gasteiger partial charge in [0.1, 0.15) is 12.6 Å². The average molecular weight is 356 g/mol. The maximum absolute atomic E-state index is 12.6. The van der Waals surface area contributed by atoms with E-state index < -0.39 is 24.1 Å². The maximum atomic E-state index is 12.6. The van der Waals surface area contributed by atoms with Gasteiger partial charge in [0.15, 0.2) is 11.9 Å². The standard InChI is InChI=1S/C17H28N2O6/c1-11-14(12(20)10-24-11)18-15(21)13(9-17(2,3)4)25-16(22)19-5-7-23-8-6-19/h11,13-14H,5-10H2,1-4H3,(H,18,21). The zero-order valence-electron chi connectivity index (χ0n) is 15.4. The fourth-order valence-electron chi connectivity index (χ4n) is 2.79. The third kappa shape index (κ3) is 5.67. The van der Waals surface area contributed by atoms with E-state index in [1.807, 2.05) is 20.8 Å². The number of hydrogen-bond donors (Lipinski definition) is 1. The van der Waals surface area contributed by atoms with Gasteiger partial charge in [0.2, 0.25) is 0 Å². The highest BCUT2D eigenvalue weighted by atomic mass is 16.6. The van der Waals surface area contributed by atoms with Gasteiger partial charge in [-0.15, -0.1) is 0 Å². The molecule has 3 unspecified atom stereocenters. The van der Waals surface area contributed by atoms with Crippen LogP contribution in [0, 0.1) is 5.41 Å². The number of nitrogens with zero attached hydrogens (tertiary/aromatic N) is 1. The Kier molecular flexibility index (Phi) is 6.40. The topological polar surface area (TPSA) is 94.2 Å². The van der Waals surface area contributed by atoms with Gasteiger partial charge in [0.05, 0.1) is 19.3 Å². The number of Topliss-reactive ketones (excluding diaryl/α,β-unsaturated/α-hetero) is 1. The van der Waals surface area contributed by atoms with Gasteiger partial charge in [-0.2, -0.15) is 0 Å². The first-order chi connectivity index (χ1) is 11.7. The number of rotatable bonds is 4. The molecule has 0 aromatic carbocycles. The fraction of sp³-hybridized carbons (Fsp3) is 0.824. The monoisotopic (exact) mass is 356 g/mol. The van der Waals surface area contributed by atoms with Crippen LogP contribution in [0.1, 0.15) is 34.1 Å². The van der Waals surface area contributed by atoms with Crippen LogP contribution in [0.15, 0.2) is 0 Å². The molecule has 0 aromatic heterocycles. The molecule has 2 aliphatic rings. The average Bonchev–Trinajstić information content (AvgIpc) is 2.85. The van der Waals surface area contributed by atoms with E-state index in [4.69, 9.17) is 14.2 Å². The number of ether oxygens (including phenoxy) is 3. The maximum Gasteiger partial charge on any atom is 0.410 e. The third-order valence-electron chi connectivity index (χ3n) is 4.21. The van der Waals surface area contributed by atoms with E-state index >= 15 is 0 Å². The third-order valence-corrected chi connectivity index (χ3v) is 4.21.